The molecule has 3 aromatic carbocycles. The molecule has 0 unspecified atom stereocenters. The summed E-state index contributed by atoms with van der Waals surface area (Å²) in [4.78, 5) is 25.5. The van der Waals surface area contributed by atoms with Crippen molar-refractivity contribution in [2.24, 2.45) is 0 Å². The van der Waals surface area contributed by atoms with Crippen molar-refractivity contribution in [3.05, 3.63) is 95.2 Å². The van der Waals surface area contributed by atoms with Crippen LogP contribution in [0.3, 0.4) is 0 Å². The standard InChI is InChI=1S/C27H25NO5/c1-18-23(16-26(29)32-3)24-15-22(31-2)13-14-25(24)28(18)27(30)20-9-11-21(12-10-20)33-17-19-7-5-4-6-8-19/h4-15H,16-17H2,1-3H3. The molecule has 0 saturated heterocycles. The van der Waals surface area contributed by atoms with Gasteiger partial charge in [-0.2, -0.15) is 0 Å². The lowest BCUT2D eigenvalue weighted by atomic mass is 10.1. The van der Waals surface area contributed by atoms with Crippen LogP contribution in [0.1, 0.15) is 27.2 Å². The van der Waals surface area contributed by atoms with Crippen LogP contribution in [0.4, 0.5) is 0 Å². The Balaban J connectivity index is 1.64. The first-order chi connectivity index (χ1) is 16.0. The average Bonchev–Trinajstić information content (AvgIpc) is 3.13. The Morgan fingerprint density at radius 2 is 1.58 bits per heavy atom. The Hall–Kier alpha value is -4.06. The molecule has 0 N–H and O–H groups in total. The third-order valence-electron chi connectivity index (χ3n) is 5.64. The lowest BCUT2D eigenvalue weighted by Crippen LogP contribution is -2.14. The Morgan fingerprint density at radius 1 is 0.879 bits per heavy atom. The predicted molar refractivity (Wildman–Crippen MR) is 126 cm³/mol. The fraction of sp³-hybridized carbons (Fsp3) is 0.185. The Bertz CT molecular complexity index is 1290. The Labute approximate surface area is 192 Å². The summed E-state index contributed by atoms with van der Waals surface area (Å²) in [5, 5.41) is 0.786. The van der Waals surface area contributed by atoms with Crippen molar-refractivity contribution < 1.29 is 23.8 Å². The molecular formula is C27H25NO5. The minimum absolute atomic E-state index is 0.0680. The highest BCUT2D eigenvalue weighted by Crippen LogP contribution is 2.31. The van der Waals surface area contributed by atoms with Crippen molar-refractivity contribution in [2.45, 2.75) is 20.0 Å². The van der Waals surface area contributed by atoms with E-state index in [1.54, 1.807) is 42.0 Å². The number of methoxy groups -OCH3 is 2. The highest BCUT2D eigenvalue weighted by atomic mass is 16.5. The zero-order chi connectivity index (χ0) is 23.4. The van der Waals surface area contributed by atoms with Crippen molar-refractivity contribution in [2.75, 3.05) is 14.2 Å². The second-order valence-electron chi connectivity index (χ2n) is 7.64. The summed E-state index contributed by atoms with van der Waals surface area (Å²) in [6, 6.07) is 22.4. The lowest BCUT2D eigenvalue weighted by Gasteiger charge is -2.10. The van der Waals surface area contributed by atoms with E-state index in [1.807, 2.05) is 49.4 Å². The van der Waals surface area contributed by atoms with E-state index < -0.39 is 0 Å². The normalized spacial score (nSPS) is 10.8. The number of rotatable bonds is 7. The van der Waals surface area contributed by atoms with E-state index in [-0.39, 0.29) is 18.3 Å². The maximum absolute atomic E-state index is 13.5. The van der Waals surface area contributed by atoms with Gasteiger partial charge in [-0.25, -0.2) is 0 Å². The van der Waals surface area contributed by atoms with Crippen LogP contribution in [0.25, 0.3) is 10.9 Å². The zero-order valence-corrected chi connectivity index (χ0v) is 18.8. The summed E-state index contributed by atoms with van der Waals surface area (Å²) < 4.78 is 17.7. The number of hydrogen-bond acceptors (Lipinski definition) is 5. The van der Waals surface area contributed by atoms with Crippen molar-refractivity contribution >= 4 is 22.8 Å². The number of carbonyl (C=O) groups excluding carboxylic acids is 2. The maximum Gasteiger partial charge on any atom is 0.310 e. The summed E-state index contributed by atoms with van der Waals surface area (Å²) in [5.41, 5.74) is 3.73. The molecule has 0 atom stereocenters. The van der Waals surface area contributed by atoms with Gasteiger partial charge < -0.3 is 14.2 Å². The molecule has 1 aromatic heterocycles. The van der Waals surface area contributed by atoms with Gasteiger partial charge in [-0.3, -0.25) is 14.2 Å². The first-order valence-corrected chi connectivity index (χ1v) is 10.6. The average molecular weight is 443 g/mol. The molecule has 0 saturated carbocycles. The Kier molecular flexibility index (Phi) is 6.45. The van der Waals surface area contributed by atoms with Gasteiger partial charge in [0.1, 0.15) is 18.1 Å². The minimum Gasteiger partial charge on any atom is -0.497 e. The maximum atomic E-state index is 13.5. The van der Waals surface area contributed by atoms with Crippen molar-refractivity contribution in [3.8, 4) is 11.5 Å². The summed E-state index contributed by atoms with van der Waals surface area (Å²) in [6.45, 7) is 2.29. The highest BCUT2D eigenvalue weighted by Gasteiger charge is 2.22. The molecule has 4 rings (SSSR count). The van der Waals surface area contributed by atoms with E-state index in [1.165, 1.54) is 7.11 Å². The van der Waals surface area contributed by atoms with Crippen LogP contribution in [0.15, 0.2) is 72.8 Å². The number of carbonyl (C=O) groups is 2. The van der Waals surface area contributed by atoms with Crippen molar-refractivity contribution in [3.63, 3.8) is 0 Å². The molecule has 0 aliphatic carbocycles. The van der Waals surface area contributed by atoms with Crippen LogP contribution in [-0.2, 0) is 22.6 Å². The summed E-state index contributed by atoms with van der Waals surface area (Å²) in [5.74, 6) is 0.777. The molecule has 0 amide bonds. The summed E-state index contributed by atoms with van der Waals surface area (Å²) in [7, 11) is 2.93. The molecule has 0 aliphatic heterocycles. The molecule has 0 bridgehead atoms. The van der Waals surface area contributed by atoms with Gasteiger partial charge >= 0.3 is 5.97 Å². The Morgan fingerprint density at radius 3 is 2.24 bits per heavy atom. The van der Waals surface area contributed by atoms with E-state index in [2.05, 4.69) is 0 Å². The molecule has 168 valence electrons. The van der Waals surface area contributed by atoms with Gasteiger partial charge in [0.15, 0.2) is 0 Å². The second-order valence-corrected chi connectivity index (χ2v) is 7.64. The van der Waals surface area contributed by atoms with Gasteiger partial charge in [-0.1, -0.05) is 30.3 Å². The molecule has 6 nitrogen and oxygen atoms in total. The van der Waals surface area contributed by atoms with E-state index in [0.29, 0.717) is 34.9 Å². The first-order valence-electron chi connectivity index (χ1n) is 10.6. The van der Waals surface area contributed by atoms with E-state index in [9.17, 15) is 9.59 Å². The zero-order valence-electron chi connectivity index (χ0n) is 18.8. The predicted octanol–water partition coefficient (Wildman–Crippen LogP) is 4.94. The fourth-order valence-electron chi connectivity index (χ4n) is 3.85. The topological polar surface area (TPSA) is 66.8 Å². The van der Waals surface area contributed by atoms with Crippen LogP contribution in [0.5, 0.6) is 11.5 Å². The number of fused-ring (bicyclic) bond motifs is 1. The number of hydrogen-bond donors (Lipinski definition) is 0. The molecule has 0 aliphatic rings. The van der Waals surface area contributed by atoms with Crippen LogP contribution in [0.2, 0.25) is 0 Å². The monoisotopic (exact) mass is 443 g/mol. The summed E-state index contributed by atoms with van der Waals surface area (Å²) >= 11 is 0. The molecular weight excluding hydrogens is 418 g/mol. The molecule has 0 fully saturated rings. The van der Waals surface area contributed by atoms with Gasteiger partial charge in [0.25, 0.3) is 5.91 Å². The third kappa shape index (κ3) is 4.60. The minimum atomic E-state index is -0.368. The SMILES string of the molecule is COC(=O)Cc1c(C)n(C(=O)c2ccc(OCc3ccccc3)cc2)c2ccc(OC)cc12. The molecule has 0 radical (unpaired) electrons. The third-order valence-corrected chi connectivity index (χ3v) is 5.64. The summed E-state index contributed by atoms with van der Waals surface area (Å²) in [6.07, 6.45) is 0.0680. The second kappa shape index (κ2) is 9.61. The number of ether oxygens (including phenoxy) is 3. The van der Waals surface area contributed by atoms with Crippen LogP contribution in [-0.4, -0.2) is 30.7 Å². The quantitative estimate of drug-likeness (QED) is 0.379. The van der Waals surface area contributed by atoms with Crippen LogP contribution < -0.4 is 9.47 Å². The van der Waals surface area contributed by atoms with Crippen molar-refractivity contribution in [1.82, 2.24) is 4.57 Å². The van der Waals surface area contributed by atoms with Gasteiger partial charge in [-0.15, -0.1) is 0 Å². The molecule has 0 spiro atoms. The number of benzene rings is 3. The molecule has 6 heteroatoms. The van der Waals surface area contributed by atoms with Crippen molar-refractivity contribution in [1.29, 1.82) is 0 Å². The largest absolute Gasteiger partial charge is 0.497 e. The molecule has 4 aromatic rings. The lowest BCUT2D eigenvalue weighted by molar-refractivity contribution is -0.139. The number of aromatic nitrogens is 1. The van der Waals surface area contributed by atoms with Gasteiger partial charge in [0, 0.05) is 16.6 Å². The molecule has 33 heavy (non-hydrogen) atoms. The van der Waals surface area contributed by atoms with Gasteiger partial charge in [0.2, 0.25) is 0 Å². The number of nitrogens with zero attached hydrogens (tertiary/aromatic N) is 1. The van der Waals surface area contributed by atoms with Crippen LogP contribution in [0, 0.1) is 6.92 Å². The number of esters is 1. The fourth-order valence-corrected chi connectivity index (χ4v) is 3.85. The smallest absolute Gasteiger partial charge is 0.310 e. The van der Waals surface area contributed by atoms with E-state index in [0.717, 1.165) is 16.5 Å². The van der Waals surface area contributed by atoms with Gasteiger partial charge in [0.05, 0.1) is 26.2 Å². The van der Waals surface area contributed by atoms with E-state index >= 15 is 0 Å². The van der Waals surface area contributed by atoms with Gasteiger partial charge in [-0.05, 0) is 60.5 Å². The van der Waals surface area contributed by atoms with E-state index in [4.69, 9.17) is 14.2 Å². The first kappa shape index (κ1) is 22.1. The van der Waals surface area contributed by atoms with Crippen LogP contribution >= 0.6 is 0 Å². The highest BCUT2D eigenvalue weighted by molar-refractivity contribution is 6.05. The molecule has 1 heterocycles.